The number of carbonyl (C=O) groups is 1. The van der Waals surface area contributed by atoms with E-state index in [4.69, 9.17) is 22.1 Å². The molecule has 0 aliphatic carbocycles. The van der Waals surface area contributed by atoms with Crippen LogP contribution in [0.15, 0.2) is 30.6 Å². The Morgan fingerprint density at radius 2 is 2.29 bits per heavy atom. The summed E-state index contributed by atoms with van der Waals surface area (Å²) in [4.78, 5) is 19.3. The van der Waals surface area contributed by atoms with E-state index in [1.165, 1.54) is 12.3 Å². The van der Waals surface area contributed by atoms with Crippen molar-refractivity contribution in [1.82, 2.24) is 9.97 Å². The predicted molar refractivity (Wildman–Crippen MR) is 80.5 cm³/mol. The van der Waals surface area contributed by atoms with E-state index in [1.807, 2.05) is 19.1 Å². The summed E-state index contributed by atoms with van der Waals surface area (Å²) in [6, 6.07) is 5.20. The van der Waals surface area contributed by atoms with Crippen molar-refractivity contribution >= 4 is 23.3 Å². The summed E-state index contributed by atoms with van der Waals surface area (Å²) >= 11 is 6.06. The maximum Gasteiger partial charge on any atom is 0.250 e. The zero-order valence-corrected chi connectivity index (χ0v) is 12.2. The number of amides is 1. The van der Waals surface area contributed by atoms with E-state index in [0.29, 0.717) is 29.9 Å². The summed E-state index contributed by atoms with van der Waals surface area (Å²) in [7, 11) is 0. The highest BCUT2D eigenvalue weighted by atomic mass is 35.5. The van der Waals surface area contributed by atoms with Gasteiger partial charge < -0.3 is 15.8 Å². The molecule has 2 heterocycles. The summed E-state index contributed by atoms with van der Waals surface area (Å²) in [6.45, 7) is 2.88. The molecule has 0 aromatic carbocycles. The number of carbonyl (C=O) groups excluding carboxylic acids is 1. The Bertz CT molecular complexity index is 649. The van der Waals surface area contributed by atoms with Crippen molar-refractivity contribution in [1.29, 1.82) is 0 Å². The van der Waals surface area contributed by atoms with Crippen LogP contribution in [0.3, 0.4) is 0 Å². The molecular weight excluding hydrogens is 292 g/mol. The molecular formula is C14H15ClN4O2. The molecule has 110 valence electrons. The van der Waals surface area contributed by atoms with Gasteiger partial charge in [0.05, 0.1) is 17.2 Å². The molecule has 21 heavy (non-hydrogen) atoms. The van der Waals surface area contributed by atoms with Crippen molar-refractivity contribution in [3.63, 3.8) is 0 Å². The lowest BCUT2D eigenvalue weighted by molar-refractivity contribution is 0.1000. The number of halogens is 1. The van der Waals surface area contributed by atoms with Crippen LogP contribution in [0.5, 0.6) is 5.88 Å². The molecule has 6 nitrogen and oxygen atoms in total. The van der Waals surface area contributed by atoms with Gasteiger partial charge in [-0.1, -0.05) is 17.7 Å². The van der Waals surface area contributed by atoms with Gasteiger partial charge in [0, 0.05) is 24.5 Å². The van der Waals surface area contributed by atoms with Gasteiger partial charge in [0.1, 0.15) is 5.82 Å². The number of hydrogen-bond acceptors (Lipinski definition) is 5. The van der Waals surface area contributed by atoms with Crippen molar-refractivity contribution in [3.05, 3.63) is 46.7 Å². The Hall–Kier alpha value is -2.34. The zero-order valence-electron chi connectivity index (χ0n) is 11.5. The molecule has 0 saturated carbocycles. The predicted octanol–water partition coefficient (Wildman–Crippen LogP) is 2.24. The molecule has 2 rings (SSSR count). The molecule has 7 heteroatoms. The van der Waals surface area contributed by atoms with Gasteiger partial charge in [-0.25, -0.2) is 9.97 Å². The van der Waals surface area contributed by atoms with Gasteiger partial charge in [-0.2, -0.15) is 0 Å². The largest absolute Gasteiger partial charge is 0.478 e. The second-order valence-corrected chi connectivity index (χ2v) is 4.58. The lowest BCUT2D eigenvalue weighted by Crippen LogP contribution is -2.12. The molecule has 0 aliphatic heterocycles. The first-order valence-electron chi connectivity index (χ1n) is 6.37. The van der Waals surface area contributed by atoms with E-state index in [0.717, 1.165) is 5.56 Å². The van der Waals surface area contributed by atoms with Gasteiger partial charge in [-0.05, 0) is 19.1 Å². The molecule has 0 unspecified atom stereocenters. The lowest BCUT2D eigenvalue weighted by atomic mass is 10.2. The van der Waals surface area contributed by atoms with Gasteiger partial charge in [0.2, 0.25) is 11.8 Å². The minimum absolute atomic E-state index is 0.266. The van der Waals surface area contributed by atoms with Crippen LogP contribution in [0.1, 0.15) is 22.8 Å². The number of nitrogens with one attached hydrogen (secondary N) is 1. The molecule has 0 aliphatic rings. The van der Waals surface area contributed by atoms with Crippen molar-refractivity contribution in [2.45, 2.75) is 13.5 Å². The Morgan fingerprint density at radius 3 is 2.95 bits per heavy atom. The number of primary amides is 1. The average Bonchev–Trinajstić information content (AvgIpc) is 2.47. The Balaban J connectivity index is 2.11. The molecule has 0 saturated heterocycles. The number of nitrogens with two attached hydrogens (primary N) is 1. The number of rotatable bonds is 6. The number of pyridine rings is 2. The smallest absolute Gasteiger partial charge is 0.250 e. The Kier molecular flexibility index (Phi) is 4.94. The molecule has 0 atom stereocenters. The van der Waals surface area contributed by atoms with Crippen molar-refractivity contribution in [3.8, 4) is 5.88 Å². The van der Waals surface area contributed by atoms with Crippen LogP contribution in [0.2, 0.25) is 5.02 Å². The van der Waals surface area contributed by atoms with Crippen LogP contribution in [-0.2, 0) is 6.54 Å². The number of aromatic nitrogens is 2. The fourth-order valence-corrected chi connectivity index (χ4v) is 1.94. The summed E-state index contributed by atoms with van der Waals surface area (Å²) in [5, 5.41) is 3.41. The third-order valence-electron chi connectivity index (χ3n) is 2.70. The molecule has 0 bridgehead atoms. The third kappa shape index (κ3) is 3.82. The topological polar surface area (TPSA) is 90.1 Å². The van der Waals surface area contributed by atoms with E-state index in [9.17, 15) is 4.79 Å². The lowest BCUT2D eigenvalue weighted by Gasteiger charge is -2.11. The molecule has 3 N–H and O–H groups in total. The minimum Gasteiger partial charge on any atom is -0.478 e. The first kappa shape index (κ1) is 15.1. The molecule has 2 aromatic heterocycles. The first-order chi connectivity index (χ1) is 10.1. The minimum atomic E-state index is -0.568. The quantitative estimate of drug-likeness (QED) is 0.854. The van der Waals surface area contributed by atoms with E-state index < -0.39 is 5.91 Å². The number of hydrogen-bond donors (Lipinski definition) is 2. The standard InChI is InChI=1S/C14H15ClN4O2/c1-2-21-14-9(4-3-5-17-14)7-18-13-11(15)6-10(8-19-13)12(16)20/h3-6,8H,2,7H2,1H3,(H2,16,20)(H,18,19). The molecule has 0 fully saturated rings. The SMILES string of the molecule is CCOc1ncccc1CNc1ncc(C(N)=O)cc1Cl. The van der Waals surface area contributed by atoms with E-state index in [2.05, 4.69) is 15.3 Å². The molecule has 2 aromatic rings. The van der Waals surface area contributed by atoms with Gasteiger partial charge >= 0.3 is 0 Å². The average molecular weight is 307 g/mol. The van der Waals surface area contributed by atoms with Crippen LogP contribution < -0.4 is 15.8 Å². The summed E-state index contributed by atoms with van der Waals surface area (Å²) in [5.74, 6) is 0.465. The second kappa shape index (κ2) is 6.90. The van der Waals surface area contributed by atoms with Crippen LogP contribution in [0.25, 0.3) is 0 Å². The maximum absolute atomic E-state index is 11.0. The number of ether oxygens (including phenoxy) is 1. The van der Waals surface area contributed by atoms with Crippen LogP contribution in [0, 0.1) is 0 Å². The molecule has 0 spiro atoms. The van der Waals surface area contributed by atoms with Gasteiger partial charge in [0.15, 0.2) is 0 Å². The highest BCUT2D eigenvalue weighted by Gasteiger charge is 2.09. The van der Waals surface area contributed by atoms with Gasteiger partial charge in [-0.3, -0.25) is 4.79 Å². The van der Waals surface area contributed by atoms with Crippen molar-refractivity contribution < 1.29 is 9.53 Å². The fourth-order valence-electron chi connectivity index (χ4n) is 1.71. The Morgan fingerprint density at radius 1 is 1.48 bits per heavy atom. The van der Waals surface area contributed by atoms with Crippen LogP contribution in [-0.4, -0.2) is 22.5 Å². The highest BCUT2D eigenvalue weighted by Crippen LogP contribution is 2.22. The van der Waals surface area contributed by atoms with Crippen molar-refractivity contribution in [2.75, 3.05) is 11.9 Å². The summed E-state index contributed by atoms with van der Waals surface area (Å²) < 4.78 is 5.44. The summed E-state index contributed by atoms with van der Waals surface area (Å²) in [6.07, 6.45) is 3.05. The van der Waals surface area contributed by atoms with E-state index in [-0.39, 0.29) is 5.56 Å². The fraction of sp³-hybridized carbons (Fsp3) is 0.214. The monoisotopic (exact) mass is 306 g/mol. The highest BCUT2D eigenvalue weighted by molar-refractivity contribution is 6.33. The number of nitrogens with zero attached hydrogens (tertiary/aromatic N) is 2. The van der Waals surface area contributed by atoms with E-state index >= 15 is 0 Å². The van der Waals surface area contributed by atoms with Gasteiger partial charge in [0.25, 0.3) is 0 Å². The molecule has 0 radical (unpaired) electrons. The molecule has 1 amide bonds. The number of anilines is 1. The third-order valence-corrected chi connectivity index (χ3v) is 2.99. The zero-order chi connectivity index (χ0) is 15.2. The van der Waals surface area contributed by atoms with Crippen LogP contribution >= 0.6 is 11.6 Å². The second-order valence-electron chi connectivity index (χ2n) is 4.17. The summed E-state index contributed by atoms with van der Waals surface area (Å²) in [5.41, 5.74) is 6.32. The normalized spacial score (nSPS) is 10.2. The van der Waals surface area contributed by atoms with Crippen molar-refractivity contribution in [2.24, 2.45) is 5.73 Å². The Labute approximate surface area is 127 Å². The van der Waals surface area contributed by atoms with Gasteiger partial charge in [-0.15, -0.1) is 0 Å². The maximum atomic E-state index is 11.0. The van der Waals surface area contributed by atoms with Crippen LogP contribution in [0.4, 0.5) is 5.82 Å². The van der Waals surface area contributed by atoms with E-state index in [1.54, 1.807) is 6.20 Å². The first-order valence-corrected chi connectivity index (χ1v) is 6.75.